The van der Waals surface area contributed by atoms with Crippen molar-refractivity contribution in [1.29, 1.82) is 0 Å². The van der Waals surface area contributed by atoms with Gasteiger partial charge in [0.1, 0.15) is 6.10 Å². The number of aryl methyl sites for hydroxylation is 1. The van der Waals surface area contributed by atoms with Gasteiger partial charge in [0.25, 0.3) is 0 Å². The maximum atomic E-state index is 5.88. The molecule has 6 nitrogen and oxygen atoms in total. The number of morpholine rings is 1. The first kappa shape index (κ1) is 16.8. The van der Waals surface area contributed by atoms with Crippen molar-refractivity contribution >= 4 is 5.96 Å². The molecule has 0 aromatic carbocycles. The maximum absolute atomic E-state index is 5.88. The molecule has 2 rings (SSSR count). The summed E-state index contributed by atoms with van der Waals surface area (Å²) in [5, 5.41) is 7.71. The third kappa shape index (κ3) is 4.73. The molecule has 0 radical (unpaired) electrons. The minimum absolute atomic E-state index is 0.0705. The quantitative estimate of drug-likeness (QED) is 0.496. The molecule has 0 bridgehead atoms. The third-order valence-corrected chi connectivity index (χ3v) is 3.99. The predicted octanol–water partition coefficient (Wildman–Crippen LogP) is 1.95. The summed E-state index contributed by atoms with van der Waals surface area (Å²) in [5.41, 5.74) is 1.13. The number of nitrogens with one attached hydrogen (secondary N) is 1. The second-order valence-electron chi connectivity index (χ2n) is 5.79. The van der Waals surface area contributed by atoms with Gasteiger partial charge in [-0.2, -0.15) is 5.10 Å². The molecule has 1 aliphatic heterocycles. The molecule has 0 saturated carbocycles. The minimum Gasteiger partial charge on any atom is -0.370 e. The summed E-state index contributed by atoms with van der Waals surface area (Å²) in [6.45, 7) is 5.64. The van der Waals surface area contributed by atoms with Crippen molar-refractivity contribution < 1.29 is 4.74 Å². The lowest BCUT2D eigenvalue weighted by Gasteiger charge is -2.34. The van der Waals surface area contributed by atoms with Crippen molar-refractivity contribution in [2.75, 3.05) is 33.3 Å². The zero-order chi connectivity index (χ0) is 15.8. The fourth-order valence-electron chi connectivity index (χ4n) is 2.73. The van der Waals surface area contributed by atoms with Crippen molar-refractivity contribution in [2.24, 2.45) is 12.0 Å². The van der Waals surface area contributed by atoms with Gasteiger partial charge < -0.3 is 15.0 Å². The lowest BCUT2D eigenvalue weighted by molar-refractivity contribution is -0.00802. The van der Waals surface area contributed by atoms with Crippen LogP contribution in [0.4, 0.5) is 0 Å². The van der Waals surface area contributed by atoms with Crippen LogP contribution in [-0.2, 0) is 11.8 Å². The molecule has 22 heavy (non-hydrogen) atoms. The molecule has 124 valence electrons. The number of aliphatic imine (C=N–C) groups is 1. The molecule has 1 N–H and O–H groups in total. The van der Waals surface area contributed by atoms with Crippen molar-refractivity contribution in [3.05, 3.63) is 18.0 Å². The molecule has 2 heterocycles. The molecular formula is C16H29N5O. The largest absolute Gasteiger partial charge is 0.370 e. The van der Waals surface area contributed by atoms with E-state index in [1.54, 1.807) is 0 Å². The highest BCUT2D eigenvalue weighted by Crippen LogP contribution is 2.21. The number of hydrogen-bond donors (Lipinski definition) is 1. The summed E-state index contributed by atoms with van der Waals surface area (Å²) in [4.78, 5) is 6.70. The highest BCUT2D eigenvalue weighted by molar-refractivity contribution is 5.80. The summed E-state index contributed by atoms with van der Waals surface area (Å²) >= 11 is 0. The van der Waals surface area contributed by atoms with Crippen LogP contribution in [-0.4, -0.2) is 53.9 Å². The normalized spacial score (nSPS) is 19.5. The van der Waals surface area contributed by atoms with Crippen LogP contribution in [0.1, 0.15) is 44.3 Å². The number of unbranched alkanes of at least 4 members (excludes halogenated alkanes) is 3. The number of aromatic nitrogens is 2. The van der Waals surface area contributed by atoms with Crippen molar-refractivity contribution in [3.8, 4) is 0 Å². The van der Waals surface area contributed by atoms with E-state index >= 15 is 0 Å². The lowest BCUT2D eigenvalue weighted by Crippen LogP contribution is -2.48. The number of rotatable bonds is 6. The summed E-state index contributed by atoms with van der Waals surface area (Å²) < 4.78 is 7.70. The van der Waals surface area contributed by atoms with Gasteiger partial charge >= 0.3 is 0 Å². The lowest BCUT2D eigenvalue weighted by atomic mass is 10.1. The van der Waals surface area contributed by atoms with Gasteiger partial charge in [-0.1, -0.05) is 26.2 Å². The topological polar surface area (TPSA) is 54.7 Å². The van der Waals surface area contributed by atoms with E-state index in [0.29, 0.717) is 0 Å². The van der Waals surface area contributed by atoms with E-state index in [1.807, 2.05) is 31.2 Å². The number of nitrogens with zero attached hydrogens (tertiary/aromatic N) is 4. The molecule has 1 fully saturated rings. The van der Waals surface area contributed by atoms with E-state index in [-0.39, 0.29) is 6.10 Å². The molecule has 0 spiro atoms. The van der Waals surface area contributed by atoms with Crippen molar-refractivity contribution in [1.82, 2.24) is 20.0 Å². The van der Waals surface area contributed by atoms with E-state index in [0.717, 1.165) is 37.8 Å². The van der Waals surface area contributed by atoms with Gasteiger partial charge in [-0.15, -0.1) is 0 Å². The Hall–Kier alpha value is -1.56. The first-order valence-corrected chi connectivity index (χ1v) is 8.30. The average molecular weight is 307 g/mol. The molecular weight excluding hydrogens is 278 g/mol. The number of hydrogen-bond acceptors (Lipinski definition) is 3. The molecule has 1 saturated heterocycles. The Morgan fingerprint density at radius 2 is 2.32 bits per heavy atom. The van der Waals surface area contributed by atoms with Crippen LogP contribution < -0.4 is 5.32 Å². The Labute approximate surface area is 133 Å². The molecule has 1 unspecified atom stereocenters. The fourth-order valence-corrected chi connectivity index (χ4v) is 2.73. The zero-order valence-corrected chi connectivity index (χ0v) is 14.1. The Kier molecular flexibility index (Phi) is 6.71. The van der Waals surface area contributed by atoms with Crippen LogP contribution in [0.3, 0.4) is 0 Å². The molecule has 1 aromatic rings. The van der Waals surface area contributed by atoms with Crippen molar-refractivity contribution in [3.63, 3.8) is 0 Å². The van der Waals surface area contributed by atoms with E-state index in [2.05, 4.69) is 27.2 Å². The molecule has 1 aliphatic rings. The number of guanidine groups is 1. The average Bonchev–Trinajstić information content (AvgIpc) is 2.98. The standard InChI is InChI=1S/C16H29N5O/c1-4-5-6-7-8-18-16(17-2)21-9-10-22-15(13-21)14-11-19-20(3)12-14/h11-12,15H,4-10,13H2,1-3H3,(H,17,18). The Balaban J connectivity index is 1.84. The molecule has 1 atom stereocenters. The molecule has 1 aromatic heterocycles. The van der Waals surface area contributed by atoms with E-state index in [1.165, 1.54) is 25.7 Å². The van der Waals surface area contributed by atoms with Crippen LogP contribution in [0.25, 0.3) is 0 Å². The minimum atomic E-state index is 0.0705. The first-order valence-electron chi connectivity index (χ1n) is 8.30. The van der Waals surface area contributed by atoms with Gasteiger partial charge in [-0.05, 0) is 6.42 Å². The van der Waals surface area contributed by atoms with Crippen LogP contribution in [0, 0.1) is 0 Å². The van der Waals surface area contributed by atoms with Gasteiger partial charge in [-0.25, -0.2) is 0 Å². The Bertz CT molecular complexity index is 471. The van der Waals surface area contributed by atoms with E-state index < -0.39 is 0 Å². The van der Waals surface area contributed by atoms with Gasteiger partial charge in [-0.3, -0.25) is 9.67 Å². The summed E-state index contributed by atoms with van der Waals surface area (Å²) in [6, 6.07) is 0. The van der Waals surface area contributed by atoms with Gasteiger partial charge in [0.15, 0.2) is 5.96 Å². The monoisotopic (exact) mass is 307 g/mol. The van der Waals surface area contributed by atoms with Gasteiger partial charge in [0, 0.05) is 38.9 Å². The first-order chi connectivity index (χ1) is 10.7. The van der Waals surface area contributed by atoms with Gasteiger partial charge in [0.2, 0.25) is 0 Å². The van der Waals surface area contributed by atoms with E-state index in [4.69, 9.17) is 4.74 Å². The van der Waals surface area contributed by atoms with Crippen LogP contribution in [0.15, 0.2) is 17.4 Å². The third-order valence-electron chi connectivity index (χ3n) is 3.99. The molecule has 0 aliphatic carbocycles. The second-order valence-corrected chi connectivity index (χ2v) is 5.79. The van der Waals surface area contributed by atoms with Crippen molar-refractivity contribution in [2.45, 2.75) is 38.7 Å². The summed E-state index contributed by atoms with van der Waals surface area (Å²) in [6.07, 6.45) is 9.03. The van der Waals surface area contributed by atoms with E-state index in [9.17, 15) is 0 Å². The Morgan fingerprint density at radius 3 is 3.00 bits per heavy atom. The maximum Gasteiger partial charge on any atom is 0.193 e. The highest BCUT2D eigenvalue weighted by Gasteiger charge is 2.24. The van der Waals surface area contributed by atoms with Gasteiger partial charge in [0.05, 0.1) is 19.3 Å². The smallest absolute Gasteiger partial charge is 0.193 e. The van der Waals surface area contributed by atoms with Crippen LogP contribution in [0.2, 0.25) is 0 Å². The Morgan fingerprint density at radius 1 is 1.45 bits per heavy atom. The number of ether oxygens (including phenoxy) is 1. The summed E-state index contributed by atoms with van der Waals surface area (Å²) in [7, 11) is 3.78. The predicted molar refractivity (Wildman–Crippen MR) is 89.0 cm³/mol. The fraction of sp³-hybridized carbons (Fsp3) is 0.750. The zero-order valence-electron chi connectivity index (χ0n) is 14.1. The second kappa shape index (κ2) is 8.78. The van der Waals surface area contributed by atoms with Crippen LogP contribution >= 0.6 is 0 Å². The summed E-state index contributed by atoms with van der Waals surface area (Å²) in [5.74, 6) is 0.980. The van der Waals surface area contributed by atoms with Crippen LogP contribution in [0.5, 0.6) is 0 Å². The highest BCUT2D eigenvalue weighted by atomic mass is 16.5. The molecule has 0 amide bonds. The SMILES string of the molecule is CCCCCCNC(=NC)N1CCOC(c2cnn(C)c2)C1. The molecule has 6 heteroatoms.